The van der Waals surface area contributed by atoms with Gasteiger partial charge < -0.3 is 43.7 Å². The van der Waals surface area contributed by atoms with E-state index >= 15 is 0 Å². The molecule has 3 aromatic rings. The predicted molar refractivity (Wildman–Crippen MR) is 198 cm³/mol. The minimum Gasteiger partial charge on any atom is -0.413 e. The Hall–Kier alpha value is -3.07. The second-order valence-electron chi connectivity index (χ2n) is 16.8. The number of nitrogens with zero attached hydrogens (tertiary/aromatic N) is 5. The maximum atomic E-state index is 12.8. The molecule has 0 saturated carbocycles. The van der Waals surface area contributed by atoms with E-state index < -0.39 is 86.3 Å². The van der Waals surface area contributed by atoms with Gasteiger partial charge in [0.25, 0.3) is 5.56 Å². The summed E-state index contributed by atoms with van der Waals surface area (Å²) < 4.78 is 48.6. The number of imidazole rings is 1. The number of nitrogens with one attached hydrogen (secondary N) is 1. The van der Waals surface area contributed by atoms with Crippen LogP contribution < -0.4 is 17.0 Å². The lowest BCUT2D eigenvalue weighted by molar-refractivity contribution is -0.208. The van der Waals surface area contributed by atoms with Crippen molar-refractivity contribution in [1.29, 1.82) is 0 Å². The lowest BCUT2D eigenvalue weighted by Crippen LogP contribution is -2.50. The molecule has 18 heteroatoms. The molecular weight excluding hydrogens is 719 g/mol. The van der Waals surface area contributed by atoms with Crippen LogP contribution >= 0.6 is 0 Å². The number of nitrogens with two attached hydrogens (primary N) is 1. The molecule has 4 saturated heterocycles. The van der Waals surface area contributed by atoms with Crippen molar-refractivity contribution in [3.05, 3.63) is 45.3 Å². The van der Waals surface area contributed by atoms with Gasteiger partial charge in [0.1, 0.15) is 48.8 Å². The van der Waals surface area contributed by atoms with Crippen molar-refractivity contribution in [2.75, 3.05) is 12.3 Å². The quantitative estimate of drug-likeness (QED) is 0.226. The van der Waals surface area contributed by atoms with Crippen LogP contribution in [0.3, 0.4) is 0 Å². The molecule has 298 valence electrons. The van der Waals surface area contributed by atoms with Gasteiger partial charge in [-0.2, -0.15) is 0 Å². The van der Waals surface area contributed by atoms with Crippen molar-refractivity contribution in [2.45, 2.75) is 165 Å². The van der Waals surface area contributed by atoms with Crippen LogP contribution in [0.15, 0.2) is 28.2 Å². The van der Waals surface area contributed by atoms with E-state index in [4.69, 9.17) is 43.6 Å². The number of ether oxygens (including phenoxy) is 6. The second-order valence-corrected chi connectivity index (χ2v) is 22.2. The first kappa shape index (κ1) is 39.2. The standard InChI is InChI=1S/C36H55N7O10Si/c1-17(2)54(18(3)4,19(5)6)47-15-21-26-28(52-35(7,8)50-26)33(48-21)43-22(40-24-30(37)38-16-39-31(24)43)12-11-20(44)25-27-29(53-36(9,10)51-27)32(49-25)42-14-13-23(45)41-34(42)46/h13-14,16-21,25-29,32-33,44H,11-12,15H2,1-10H3,(H2,37,38,39)(H,41,45,46)/t20-,21-,25-,26-,27-,28-,29-,32-,33-/m1/s1. The van der Waals surface area contributed by atoms with Gasteiger partial charge in [-0.25, -0.2) is 19.7 Å². The fraction of sp³-hybridized carbons (Fsp3) is 0.750. The normalized spacial score (nSPS) is 30.9. The van der Waals surface area contributed by atoms with Crippen molar-refractivity contribution in [3.8, 4) is 0 Å². The number of nitrogen functional groups attached to an aromatic ring is 1. The molecule has 0 unspecified atom stereocenters. The van der Waals surface area contributed by atoms with Crippen LogP contribution in [0.4, 0.5) is 5.82 Å². The smallest absolute Gasteiger partial charge is 0.330 e. The van der Waals surface area contributed by atoms with Crippen LogP contribution in [0.5, 0.6) is 0 Å². The third-order valence-electron chi connectivity index (χ3n) is 11.4. The molecule has 3 aromatic heterocycles. The van der Waals surface area contributed by atoms with Crippen molar-refractivity contribution in [2.24, 2.45) is 0 Å². The van der Waals surface area contributed by atoms with Gasteiger partial charge in [0.05, 0.1) is 12.7 Å². The molecule has 4 fully saturated rings. The molecule has 0 aromatic carbocycles. The summed E-state index contributed by atoms with van der Waals surface area (Å²) in [4.78, 5) is 40.5. The van der Waals surface area contributed by atoms with Crippen molar-refractivity contribution in [3.63, 3.8) is 0 Å². The maximum Gasteiger partial charge on any atom is 0.330 e. The highest BCUT2D eigenvalue weighted by Crippen LogP contribution is 2.48. The highest BCUT2D eigenvalue weighted by atomic mass is 28.4. The van der Waals surface area contributed by atoms with Gasteiger partial charge >= 0.3 is 5.69 Å². The predicted octanol–water partition coefficient (Wildman–Crippen LogP) is 3.28. The van der Waals surface area contributed by atoms with Crippen molar-refractivity contribution < 1.29 is 38.0 Å². The van der Waals surface area contributed by atoms with E-state index in [1.165, 1.54) is 23.2 Å². The number of aromatic amines is 1. The first-order valence-electron chi connectivity index (χ1n) is 19.0. The molecule has 0 amide bonds. The zero-order valence-corrected chi connectivity index (χ0v) is 33.7. The molecular formula is C36H55N7O10Si. The number of aromatic nitrogens is 6. The molecule has 7 rings (SSSR count). The molecule has 9 atom stereocenters. The fourth-order valence-electron chi connectivity index (χ4n) is 9.35. The Bertz CT molecular complexity index is 1940. The van der Waals surface area contributed by atoms with E-state index in [2.05, 4.69) is 56.5 Å². The summed E-state index contributed by atoms with van der Waals surface area (Å²) in [5.74, 6) is -1.13. The van der Waals surface area contributed by atoms with Gasteiger partial charge in [0, 0.05) is 18.7 Å². The number of fused-ring (bicyclic) bond motifs is 3. The van der Waals surface area contributed by atoms with E-state index in [0.29, 0.717) is 40.2 Å². The maximum absolute atomic E-state index is 12.8. The van der Waals surface area contributed by atoms with Crippen LogP contribution in [0.2, 0.25) is 16.6 Å². The molecule has 17 nitrogen and oxygen atoms in total. The molecule has 0 aliphatic carbocycles. The topological polar surface area (TPSA) is 209 Å². The van der Waals surface area contributed by atoms with Crippen molar-refractivity contribution in [1.82, 2.24) is 29.1 Å². The lowest BCUT2D eigenvalue weighted by atomic mass is 10.0. The summed E-state index contributed by atoms with van der Waals surface area (Å²) in [6.07, 6.45) is -3.31. The lowest BCUT2D eigenvalue weighted by Gasteiger charge is -2.43. The van der Waals surface area contributed by atoms with Gasteiger partial charge in [-0.3, -0.25) is 18.9 Å². The summed E-state index contributed by atoms with van der Waals surface area (Å²) >= 11 is 0. The molecule has 4 aliphatic heterocycles. The van der Waals surface area contributed by atoms with E-state index in [9.17, 15) is 14.7 Å². The number of aryl methyl sites for hydroxylation is 1. The Labute approximate surface area is 314 Å². The summed E-state index contributed by atoms with van der Waals surface area (Å²) in [7, 11) is -2.24. The third-order valence-corrected chi connectivity index (χ3v) is 17.5. The average molecular weight is 774 g/mol. The summed E-state index contributed by atoms with van der Waals surface area (Å²) in [6, 6.07) is 1.23. The van der Waals surface area contributed by atoms with Gasteiger partial charge in [-0.05, 0) is 50.7 Å². The molecule has 4 N–H and O–H groups in total. The number of hydrogen-bond acceptors (Lipinski definition) is 14. The van der Waals surface area contributed by atoms with Gasteiger partial charge in [0.15, 0.2) is 49.3 Å². The Morgan fingerprint density at radius 2 is 1.52 bits per heavy atom. The highest BCUT2D eigenvalue weighted by molar-refractivity contribution is 6.77. The Balaban J connectivity index is 1.17. The van der Waals surface area contributed by atoms with Gasteiger partial charge in [-0.1, -0.05) is 41.5 Å². The minimum atomic E-state index is -2.24. The monoisotopic (exact) mass is 773 g/mol. The molecule has 0 spiro atoms. The van der Waals surface area contributed by atoms with Crippen LogP contribution in [0.1, 0.15) is 93.9 Å². The number of anilines is 1. The van der Waals surface area contributed by atoms with Crippen LogP contribution in [0, 0.1) is 0 Å². The summed E-state index contributed by atoms with van der Waals surface area (Å²) in [5, 5.41) is 11.7. The summed E-state index contributed by atoms with van der Waals surface area (Å²) in [6.45, 7) is 21.1. The molecule has 7 heterocycles. The molecule has 4 aliphatic rings. The molecule has 0 radical (unpaired) electrons. The highest BCUT2D eigenvalue weighted by Gasteiger charge is 2.59. The Kier molecular flexibility index (Phi) is 10.3. The van der Waals surface area contributed by atoms with Gasteiger partial charge in [-0.15, -0.1) is 0 Å². The van der Waals surface area contributed by atoms with Gasteiger partial charge in [0.2, 0.25) is 0 Å². The first-order valence-corrected chi connectivity index (χ1v) is 21.1. The van der Waals surface area contributed by atoms with E-state index in [1.807, 2.05) is 18.4 Å². The van der Waals surface area contributed by atoms with Crippen LogP contribution in [0.25, 0.3) is 11.2 Å². The third kappa shape index (κ3) is 6.76. The van der Waals surface area contributed by atoms with E-state index in [0.717, 1.165) is 0 Å². The Morgan fingerprint density at radius 1 is 0.907 bits per heavy atom. The fourth-order valence-corrected chi connectivity index (χ4v) is 14.8. The largest absolute Gasteiger partial charge is 0.413 e. The van der Waals surface area contributed by atoms with E-state index in [-0.39, 0.29) is 18.7 Å². The number of aliphatic hydroxyl groups excluding tert-OH is 1. The zero-order valence-electron chi connectivity index (χ0n) is 32.7. The van der Waals surface area contributed by atoms with Crippen LogP contribution in [-0.2, 0) is 39.3 Å². The average Bonchev–Trinajstić information content (AvgIpc) is 3.84. The SMILES string of the molecule is CC(C)[Si](OC[C@H]1O[C@@H](n2c(CC[C@@H](O)[C@H]3O[C@@H](n4ccc(=O)[nH]c4=O)[C@@H]4OC(C)(C)O[C@@H]43)nc3c(N)ncnc32)[C@@H]2OC(C)(C)O[C@@H]21)(C(C)C)C(C)C. The second kappa shape index (κ2) is 14.1. The Morgan fingerprint density at radius 3 is 2.15 bits per heavy atom. The zero-order chi connectivity index (χ0) is 39.1. The molecule has 0 bridgehead atoms. The van der Waals surface area contributed by atoms with E-state index in [1.54, 1.807) is 13.8 Å². The number of hydrogen-bond donors (Lipinski definition) is 3. The number of H-pyrrole nitrogens is 1. The number of rotatable bonds is 12. The first-order chi connectivity index (χ1) is 25.3. The molecule has 54 heavy (non-hydrogen) atoms. The van der Waals surface area contributed by atoms with Crippen molar-refractivity contribution >= 4 is 25.3 Å². The number of aliphatic hydroxyl groups is 1. The summed E-state index contributed by atoms with van der Waals surface area (Å²) in [5.41, 5.74) is 7.16. The minimum absolute atomic E-state index is 0.170. The van der Waals surface area contributed by atoms with Crippen LogP contribution in [-0.4, -0.2) is 103 Å².